The van der Waals surface area contributed by atoms with Gasteiger partial charge in [-0.3, -0.25) is 4.79 Å². The van der Waals surface area contributed by atoms with Gasteiger partial charge >= 0.3 is 5.97 Å². The standard InChI is InChI=1S/C12H18N2O4/c1-17-9-3-4-10(11(7-9)18-2)14(6-5-13)8-12(15)16/h3-4,7H,5-6,8,13H2,1-2H3,(H,15,16). The number of carboxylic acids is 1. The normalized spacial score (nSPS) is 9.94. The van der Waals surface area contributed by atoms with Crippen LogP contribution in [0.2, 0.25) is 0 Å². The molecule has 0 fully saturated rings. The van der Waals surface area contributed by atoms with Gasteiger partial charge in [-0.1, -0.05) is 0 Å². The number of methoxy groups -OCH3 is 2. The third-order valence-corrected chi connectivity index (χ3v) is 2.45. The summed E-state index contributed by atoms with van der Waals surface area (Å²) in [6.07, 6.45) is 0. The average molecular weight is 254 g/mol. The van der Waals surface area contributed by atoms with E-state index in [2.05, 4.69) is 0 Å². The van der Waals surface area contributed by atoms with Gasteiger partial charge in [0.1, 0.15) is 18.0 Å². The number of anilines is 1. The zero-order valence-electron chi connectivity index (χ0n) is 10.5. The molecule has 0 aliphatic rings. The van der Waals surface area contributed by atoms with Crippen molar-refractivity contribution >= 4 is 11.7 Å². The number of carboxylic acid groups (broad SMARTS) is 1. The Morgan fingerprint density at radius 2 is 2.11 bits per heavy atom. The fraction of sp³-hybridized carbons (Fsp3) is 0.417. The van der Waals surface area contributed by atoms with Gasteiger partial charge in [0.15, 0.2) is 0 Å². The van der Waals surface area contributed by atoms with E-state index in [-0.39, 0.29) is 6.54 Å². The quantitative estimate of drug-likeness (QED) is 0.739. The first-order valence-electron chi connectivity index (χ1n) is 5.51. The number of nitrogens with zero attached hydrogens (tertiary/aromatic N) is 1. The van der Waals surface area contributed by atoms with Crippen molar-refractivity contribution in [3.63, 3.8) is 0 Å². The van der Waals surface area contributed by atoms with Crippen molar-refractivity contribution in [1.82, 2.24) is 0 Å². The summed E-state index contributed by atoms with van der Waals surface area (Å²) < 4.78 is 10.3. The number of hydrogen-bond donors (Lipinski definition) is 2. The second-order valence-corrected chi connectivity index (χ2v) is 3.64. The molecule has 0 bridgehead atoms. The highest BCUT2D eigenvalue weighted by atomic mass is 16.5. The van der Waals surface area contributed by atoms with Gasteiger partial charge in [-0.15, -0.1) is 0 Å². The molecule has 1 rings (SSSR count). The van der Waals surface area contributed by atoms with Crippen LogP contribution >= 0.6 is 0 Å². The third-order valence-electron chi connectivity index (χ3n) is 2.45. The predicted molar refractivity (Wildman–Crippen MR) is 68.4 cm³/mol. The SMILES string of the molecule is COc1ccc(N(CCN)CC(=O)O)c(OC)c1. The molecule has 0 atom stereocenters. The summed E-state index contributed by atoms with van der Waals surface area (Å²) >= 11 is 0. The largest absolute Gasteiger partial charge is 0.497 e. The van der Waals surface area contributed by atoms with Crippen LogP contribution in [-0.2, 0) is 4.79 Å². The van der Waals surface area contributed by atoms with Crippen molar-refractivity contribution in [2.75, 3.05) is 38.8 Å². The highest BCUT2D eigenvalue weighted by molar-refractivity contribution is 5.75. The van der Waals surface area contributed by atoms with E-state index < -0.39 is 5.97 Å². The summed E-state index contributed by atoms with van der Waals surface area (Å²) in [4.78, 5) is 12.5. The van der Waals surface area contributed by atoms with Crippen molar-refractivity contribution in [3.8, 4) is 11.5 Å². The zero-order valence-corrected chi connectivity index (χ0v) is 10.5. The number of nitrogens with two attached hydrogens (primary N) is 1. The van der Waals surface area contributed by atoms with Crippen LogP contribution in [0.1, 0.15) is 0 Å². The average Bonchev–Trinajstić information content (AvgIpc) is 2.37. The Morgan fingerprint density at radius 3 is 2.61 bits per heavy atom. The summed E-state index contributed by atoms with van der Waals surface area (Å²) in [5.41, 5.74) is 6.18. The Kier molecular flexibility index (Phi) is 5.26. The minimum Gasteiger partial charge on any atom is -0.497 e. The van der Waals surface area contributed by atoms with Gasteiger partial charge in [0.05, 0.1) is 19.9 Å². The molecule has 0 aliphatic heterocycles. The summed E-state index contributed by atoms with van der Waals surface area (Å²) in [5, 5.41) is 8.89. The van der Waals surface area contributed by atoms with Crippen LogP contribution < -0.4 is 20.1 Å². The fourth-order valence-corrected chi connectivity index (χ4v) is 1.65. The Morgan fingerprint density at radius 1 is 1.39 bits per heavy atom. The van der Waals surface area contributed by atoms with Crippen molar-refractivity contribution in [3.05, 3.63) is 18.2 Å². The smallest absolute Gasteiger partial charge is 0.323 e. The Hall–Kier alpha value is -1.95. The molecule has 0 aliphatic carbocycles. The molecule has 1 aromatic carbocycles. The Bertz CT molecular complexity index is 409. The first kappa shape index (κ1) is 14.1. The van der Waals surface area contributed by atoms with Crippen LogP contribution in [-0.4, -0.2) is 44.9 Å². The lowest BCUT2D eigenvalue weighted by Crippen LogP contribution is -2.34. The molecule has 0 saturated carbocycles. The minimum atomic E-state index is -0.915. The van der Waals surface area contributed by atoms with E-state index in [4.69, 9.17) is 20.3 Å². The number of rotatable bonds is 7. The second kappa shape index (κ2) is 6.70. The van der Waals surface area contributed by atoms with E-state index in [0.717, 1.165) is 0 Å². The molecule has 18 heavy (non-hydrogen) atoms. The highest BCUT2D eigenvalue weighted by Gasteiger charge is 2.15. The van der Waals surface area contributed by atoms with Crippen LogP contribution in [0.5, 0.6) is 11.5 Å². The molecule has 100 valence electrons. The van der Waals surface area contributed by atoms with E-state index in [0.29, 0.717) is 30.3 Å². The van der Waals surface area contributed by atoms with Crippen molar-refractivity contribution in [2.45, 2.75) is 0 Å². The van der Waals surface area contributed by atoms with Gasteiger partial charge in [-0.2, -0.15) is 0 Å². The molecule has 0 heterocycles. The molecular weight excluding hydrogens is 236 g/mol. The molecular formula is C12H18N2O4. The molecule has 0 amide bonds. The molecule has 0 spiro atoms. The maximum absolute atomic E-state index is 10.8. The Balaban J connectivity index is 3.05. The van der Waals surface area contributed by atoms with Crippen LogP contribution in [0.25, 0.3) is 0 Å². The summed E-state index contributed by atoms with van der Waals surface area (Å²) in [7, 11) is 3.09. The van der Waals surface area contributed by atoms with Gasteiger partial charge < -0.3 is 25.2 Å². The van der Waals surface area contributed by atoms with Gasteiger partial charge in [0, 0.05) is 19.2 Å². The van der Waals surface area contributed by atoms with Crippen molar-refractivity contribution in [2.24, 2.45) is 5.73 Å². The molecule has 0 unspecified atom stereocenters. The monoisotopic (exact) mass is 254 g/mol. The van der Waals surface area contributed by atoms with E-state index >= 15 is 0 Å². The number of aliphatic carboxylic acids is 1. The predicted octanol–water partition coefficient (Wildman–Crippen LogP) is 0.553. The van der Waals surface area contributed by atoms with Crippen LogP contribution in [0.3, 0.4) is 0 Å². The van der Waals surface area contributed by atoms with E-state index in [1.54, 1.807) is 30.2 Å². The van der Waals surface area contributed by atoms with Gasteiger partial charge in [0.25, 0.3) is 0 Å². The van der Waals surface area contributed by atoms with Crippen molar-refractivity contribution in [1.29, 1.82) is 0 Å². The van der Waals surface area contributed by atoms with Gasteiger partial charge in [-0.05, 0) is 12.1 Å². The highest BCUT2D eigenvalue weighted by Crippen LogP contribution is 2.31. The first-order valence-corrected chi connectivity index (χ1v) is 5.51. The summed E-state index contributed by atoms with van der Waals surface area (Å²) in [6.45, 7) is 0.678. The minimum absolute atomic E-state index is 0.125. The first-order chi connectivity index (χ1) is 8.62. The lowest BCUT2D eigenvalue weighted by atomic mass is 10.2. The number of carbonyl (C=O) groups is 1. The van der Waals surface area contributed by atoms with Gasteiger partial charge in [0.2, 0.25) is 0 Å². The maximum Gasteiger partial charge on any atom is 0.323 e. The molecule has 0 saturated heterocycles. The molecule has 0 radical (unpaired) electrons. The summed E-state index contributed by atoms with van der Waals surface area (Å²) in [5.74, 6) is 0.295. The van der Waals surface area contributed by atoms with Crippen molar-refractivity contribution < 1.29 is 19.4 Å². The maximum atomic E-state index is 10.8. The van der Waals surface area contributed by atoms with Crippen LogP contribution in [0.4, 0.5) is 5.69 Å². The second-order valence-electron chi connectivity index (χ2n) is 3.64. The number of ether oxygens (including phenoxy) is 2. The van der Waals surface area contributed by atoms with Crippen LogP contribution in [0.15, 0.2) is 18.2 Å². The number of hydrogen-bond acceptors (Lipinski definition) is 5. The van der Waals surface area contributed by atoms with E-state index in [1.807, 2.05) is 0 Å². The lowest BCUT2D eigenvalue weighted by molar-refractivity contribution is -0.135. The van der Waals surface area contributed by atoms with Gasteiger partial charge in [-0.25, -0.2) is 0 Å². The van der Waals surface area contributed by atoms with E-state index in [1.165, 1.54) is 7.11 Å². The zero-order chi connectivity index (χ0) is 13.5. The van der Waals surface area contributed by atoms with E-state index in [9.17, 15) is 4.79 Å². The third kappa shape index (κ3) is 3.53. The summed E-state index contributed by atoms with van der Waals surface area (Å²) in [6, 6.07) is 5.22. The topological polar surface area (TPSA) is 85.0 Å². The molecule has 6 nitrogen and oxygen atoms in total. The molecule has 0 aromatic heterocycles. The molecule has 3 N–H and O–H groups in total. The molecule has 6 heteroatoms. The lowest BCUT2D eigenvalue weighted by Gasteiger charge is -2.24. The molecule has 1 aromatic rings. The number of benzene rings is 1. The fourth-order valence-electron chi connectivity index (χ4n) is 1.65. The van der Waals surface area contributed by atoms with Crippen LogP contribution in [0, 0.1) is 0 Å². The Labute approximate surface area is 106 Å².